The summed E-state index contributed by atoms with van der Waals surface area (Å²) in [6.07, 6.45) is 0. The van der Waals surface area contributed by atoms with Crippen LogP contribution >= 0.6 is 0 Å². The lowest BCUT2D eigenvalue weighted by atomic mass is 10.2. The highest BCUT2D eigenvalue weighted by molar-refractivity contribution is 7.89. The Morgan fingerprint density at radius 3 is 1.96 bits per heavy atom. The van der Waals surface area contributed by atoms with Crippen molar-refractivity contribution in [3.05, 3.63) is 96.1 Å². The Hall–Kier alpha value is -2.96. The first kappa shape index (κ1) is 17.8. The second kappa shape index (κ2) is 7.95. The summed E-state index contributed by atoms with van der Waals surface area (Å²) in [5.74, 6) is -0.247. The number of nitrogens with one attached hydrogen (secondary N) is 2. The van der Waals surface area contributed by atoms with Crippen molar-refractivity contribution in [1.82, 2.24) is 4.72 Å². The van der Waals surface area contributed by atoms with Gasteiger partial charge in [0.1, 0.15) is 0 Å². The van der Waals surface area contributed by atoms with Gasteiger partial charge >= 0.3 is 0 Å². The summed E-state index contributed by atoms with van der Waals surface area (Å²) in [6, 6.07) is 24.2. The zero-order chi connectivity index (χ0) is 18.4. The third kappa shape index (κ3) is 4.56. The van der Waals surface area contributed by atoms with Gasteiger partial charge in [0.2, 0.25) is 10.0 Å². The van der Waals surface area contributed by atoms with Crippen molar-refractivity contribution in [2.75, 3.05) is 5.32 Å². The maximum atomic E-state index is 12.4. The van der Waals surface area contributed by atoms with Gasteiger partial charge in [0, 0.05) is 17.8 Å². The summed E-state index contributed by atoms with van der Waals surface area (Å²) in [5.41, 5.74) is 1.94. The van der Waals surface area contributed by atoms with E-state index in [-0.39, 0.29) is 17.3 Å². The number of carbonyl (C=O) groups is 1. The van der Waals surface area contributed by atoms with Crippen LogP contribution in [0.25, 0.3) is 0 Å². The van der Waals surface area contributed by atoms with Crippen molar-refractivity contribution in [2.24, 2.45) is 0 Å². The van der Waals surface area contributed by atoms with Crippen molar-refractivity contribution >= 4 is 21.6 Å². The lowest BCUT2D eigenvalue weighted by Gasteiger charge is -2.09. The normalized spacial score (nSPS) is 11.1. The fourth-order valence-electron chi connectivity index (χ4n) is 2.37. The van der Waals surface area contributed by atoms with E-state index in [1.807, 2.05) is 36.4 Å². The zero-order valence-corrected chi connectivity index (χ0v) is 14.7. The molecule has 0 bridgehead atoms. The number of benzene rings is 3. The van der Waals surface area contributed by atoms with Crippen molar-refractivity contribution in [3.63, 3.8) is 0 Å². The molecule has 2 N–H and O–H groups in total. The minimum Gasteiger partial charge on any atom is -0.322 e. The highest BCUT2D eigenvalue weighted by Crippen LogP contribution is 2.15. The molecule has 0 atom stereocenters. The van der Waals surface area contributed by atoms with Gasteiger partial charge in [-0.3, -0.25) is 4.79 Å². The molecule has 0 aliphatic carbocycles. The third-order valence-corrected chi connectivity index (χ3v) is 5.18. The molecule has 0 heterocycles. The van der Waals surface area contributed by atoms with E-state index in [4.69, 9.17) is 0 Å². The molecule has 0 aromatic heterocycles. The number of hydrogen-bond acceptors (Lipinski definition) is 3. The van der Waals surface area contributed by atoms with Crippen LogP contribution in [-0.2, 0) is 16.6 Å². The molecular formula is C20H18N2O3S. The number of amides is 1. The predicted octanol–water partition coefficient (Wildman–Crippen LogP) is 3.42. The molecule has 5 nitrogen and oxygen atoms in total. The standard InChI is InChI=1S/C20H18N2O3S/c23-20(17-9-5-2-6-10-17)22-18-11-13-19(14-12-18)26(24,25)21-15-16-7-3-1-4-8-16/h1-14,21H,15H2,(H,22,23). The molecule has 0 spiro atoms. The predicted molar refractivity (Wildman–Crippen MR) is 101 cm³/mol. The summed E-state index contributed by atoms with van der Waals surface area (Å²) >= 11 is 0. The molecule has 1 amide bonds. The van der Waals surface area contributed by atoms with E-state index >= 15 is 0 Å². The van der Waals surface area contributed by atoms with Crippen LogP contribution in [0.1, 0.15) is 15.9 Å². The fraction of sp³-hybridized carbons (Fsp3) is 0.0500. The Labute approximate surface area is 152 Å². The van der Waals surface area contributed by atoms with Crippen molar-refractivity contribution in [2.45, 2.75) is 11.4 Å². The molecule has 132 valence electrons. The first-order valence-electron chi connectivity index (χ1n) is 8.05. The molecule has 0 fully saturated rings. The Kier molecular flexibility index (Phi) is 5.46. The van der Waals surface area contributed by atoms with E-state index in [0.29, 0.717) is 11.3 Å². The molecule has 6 heteroatoms. The summed E-state index contributed by atoms with van der Waals surface area (Å²) in [4.78, 5) is 12.3. The largest absolute Gasteiger partial charge is 0.322 e. The number of rotatable bonds is 6. The van der Waals surface area contributed by atoms with Crippen molar-refractivity contribution in [3.8, 4) is 0 Å². The van der Waals surface area contributed by atoms with Crippen LogP contribution in [-0.4, -0.2) is 14.3 Å². The zero-order valence-electron chi connectivity index (χ0n) is 13.9. The Morgan fingerprint density at radius 2 is 1.35 bits per heavy atom. The first-order valence-corrected chi connectivity index (χ1v) is 9.53. The highest BCUT2D eigenvalue weighted by Gasteiger charge is 2.14. The van der Waals surface area contributed by atoms with E-state index in [1.54, 1.807) is 36.4 Å². The second-order valence-electron chi connectivity index (χ2n) is 5.65. The second-order valence-corrected chi connectivity index (χ2v) is 7.42. The first-order chi connectivity index (χ1) is 12.5. The molecule has 0 unspecified atom stereocenters. The lowest BCUT2D eigenvalue weighted by Crippen LogP contribution is -2.23. The molecule has 0 aliphatic heterocycles. The van der Waals surface area contributed by atoms with Gasteiger partial charge in [-0.2, -0.15) is 0 Å². The minimum absolute atomic E-state index is 0.145. The maximum Gasteiger partial charge on any atom is 0.255 e. The Morgan fingerprint density at radius 1 is 0.769 bits per heavy atom. The van der Waals surface area contributed by atoms with Crippen LogP contribution in [0, 0.1) is 0 Å². The smallest absolute Gasteiger partial charge is 0.255 e. The number of anilines is 1. The molecule has 3 aromatic rings. The number of hydrogen-bond donors (Lipinski definition) is 2. The van der Waals surface area contributed by atoms with Crippen LogP contribution in [0.3, 0.4) is 0 Å². The average molecular weight is 366 g/mol. The van der Waals surface area contributed by atoms with Crippen molar-refractivity contribution < 1.29 is 13.2 Å². The van der Waals surface area contributed by atoms with Gasteiger partial charge in [0.25, 0.3) is 5.91 Å². The highest BCUT2D eigenvalue weighted by atomic mass is 32.2. The molecule has 26 heavy (non-hydrogen) atoms. The van der Waals surface area contributed by atoms with Crippen molar-refractivity contribution in [1.29, 1.82) is 0 Å². The van der Waals surface area contributed by atoms with E-state index < -0.39 is 10.0 Å². The van der Waals surface area contributed by atoms with Gasteiger partial charge in [-0.15, -0.1) is 0 Å². The Balaban J connectivity index is 1.65. The van der Waals surface area contributed by atoms with E-state index in [9.17, 15) is 13.2 Å². The summed E-state index contributed by atoms with van der Waals surface area (Å²) < 4.78 is 27.3. The molecule has 0 radical (unpaired) electrons. The van der Waals surface area contributed by atoms with E-state index in [2.05, 4.69) is 10.0 Å². The molecule has 3 rings (SSSR count). The summed E-state index contributed by atoms with van der Waals surface area (Å²) in [5, 5.41) is 2.74. The van der Waals surface area contributed by atoms with Crippen LogP contribution < -0.4 is 10.0 Å². The summed E-state index contributed by atoms with van der Waals surface area (Å²) in [6.45, 7) is 0.218. The van der Waals surface area contributed by atoms with Gasteiger partial charge in [0.05, 0.1) is 4.90 Å². The van der Waals surface area contributed by atoms with Gasteiger partial charge in [0.15, 0.2) is 0 Å². The van der Waals surface area contributed by atoms with Gasteiger partial charge in [-0.1, -0.05) is 48.5 Å². The number of sulfonamides is 1. The van der Waals surface area contributed by atoms with E-state index in [0.717, 1.165) is 5.56 Å². The molecule has 0 aliphatic rings. The minimum atomic E-state index is -3.62. The molecule has 0 saturated heterocycles. The van der Waals surface area contributed by atoms with Gasteiger partial charge < -0.3 is 5.32 Å². The molecule has 3 aromatic carbocycles. The van der Waals surface area contributed by atoms with Gasteiger partial charge in [-0.05, 0) is 42.0 Å². The molecular weight excluding hydrogens is 348 g/mol. The topological polar surface area (TPSA) is 75.3 Å². The monoisotopic (exact) mass is 366 g/mol. The SMILES string of the molecule is O=C(Nc1ccc(S(=O)(=O)NCc2ccccc2)cc1)c1ccccc1. The maximum absolute atomic E-state index is 12.4. The van der Waals surface area contributed by atoms with Crippen LogP contribution in [0.5, 0.6) is 0 Å². The average Bonchev–Trinajstić information content (AvgIpc) is 2.68. The van der Waals surface area contributed by atoms with E-state index in [1.165, 1.54) is 12.1 Å². The van der Waals surface area contributed by atoms with Crippen LogP contribution in [0.4, 0.5) is 5.69 Å². The van der Waals surface area contributed by atoms with Crippen LogP contribution in [0.2, 0.25) is 0 Å². The Bertz CT molecular complexity index is 971. The number of carbonyl (C=O) groups excluding carboxylic acids is 1. The fourth-order valence-corrected chi connectivity index (χ4v) is 3.39. The third-order valence-electron chi connectivity index (χ3n) is 3.77. The van der Waals surface area contributed by atoms with Gasteiger partial charge in [-0.25, -0.2) is 13.1 Å². The molecule has 0 saturated carbocycles. The quantitative estimate of drug-likeness (QED) is 0.702. The lowest BCUT2D eigenvalue weighted by molar-refractivity contribution is 0.102. The van der Waals surface area contributed by atoms with Crippen LogP contribution in [0.15, 0.2) is 89.8 Å². The summed E-state index contributed by atoms with van der Waals surface area (Å²) in [7, 11) is -3.62.